The maximum Gasteiger partial charge on any atom is 0.156 e. The third-order valence-corrected chi connectivity index (χ3v) is 7.77. The highest BCUT2D eigenvalue weighted by Crippen LogP contribution is 2.40. The van der Waals surface area contributed by atoms with Crippen LogP contribution in [0.25, 0.3) is 0 Å². The molecule has 0 aliphatic carbocycles. The number of fused-ring (bicyclic) bond motifs is 2. The summed E-state index contributed by atoms with van der Waals surface area (Å²) in [5.41, 5.74) is 0. The van der Waals surface area contributed by atoms with Crippen molar-refractivity contribution < 1.29 is 13.2 Å². The van der Waals surface area contributed by atoms with Crippen LogP contribution in [0, 0.1) is 5.92 Å². The van der Waals surface area contributed by atoms with Crippen molar-refractivity contribution in [1.29, 1.82) is 0 Å². The molecular formula is C16H28O3S. The molecule has 20 heavy (non-hydrogen) atoms. The van der Waals surface area contributed by atoms with Gasteiger partial charge in [-0.1, -0.05) is 39.0 Å². The van der Waals surface area contributed by atoms with Gasteiger partial charge < -0.3 is 0 Å². The molecule has 0 spiro atoms. The predicted octanol–water partition coefficient (Wildman–Crippen LogP) is 3.66. The summed E-state index contributed by atoms with van der Waals surface area (Å²) >= 11 is 0. The van der Waals surface area contributed by atoms with Crippen LogP contribution in [0.3, 0.4) is 0 Å². The molecular weight excluding hydrogens is 272 g/mol. The highest BCUT2D eigenvalue weighted by molar-refractivity contribution is 7.92. The molecule has 2 saturated heterocycles. The number of carbonyl (C=O) groups excluding carboxylic acids is 1. The summed E-state index contributed by atoms with van der Waals surface area (Å²) in [5, 5.41) is -0.437. The van der Waals surface area contributed by atoms with E-state index in [-0.39, 0.29) is 16.4 Å². The first-order valence-electron chi connectivity index (χ1n) is 8.31. The molecule has 2 aliphatic rings. The van der Waals surface area contributed by atoms with E-state index in [9.17, 15) is 13.2 Å². The second-order valence-corrected chi connectivity index (χ2v) is 9.07. The fourth-order valence-electron chi connectivity index (χ4n) is 3.78. The van der Waals surface area contributed by atoms with Crippen molar-refractivity contribution in [2.45, 2.75) is 88.1 Å². The summed E-state index contributed by atoms with van der Waals surface area (Å²) in [7, 11) is -2.92. The van der Waals surface area contributed by atoms with Crippen molar-refractivity contribution >= 4 is 15.6 Å². The summed E-state index contributed by atoms with van der Waals surface area (Å²) < 4.78 is 24.4. The maximum absolute atomic E-state index is 12.3. The highest BCUT2D eigenvalue weighted by atomic mass is 32.2. The number of rotatable bonds is 7. The maximum atomic E-state index is 12.3. The van der Waals surface area contributed by atoms with Gasteiger partial charge in [-0.25, -0.2) is 8.42 Å². The van der Waals surface area contributed by atoms with E-state index in [4.69, 9.17) is 0 Å². The monoisotopic (exact) mass is 300 g/mol. The first-order chi connectivity index (χ1) is 9.55. The minimum Gasteiger partial charge on any atom is -0.299 e. The molecule has 2 atom stereocenters. The van der Waals surface area contributed by atoms with Crippen LogP contribution in [0.1, 0.15) is 77.6 Å². The molecule has 2 unspecified atom stereocenters. The second-order valence-electron chi connectivity index (χ2n) is 6.56. The Morgan fingerprint density at radius 1 is 1.00 bits per heavy atom. The lowest BCUT2D eigenvalue weighted by Crippen LogP contribution is -2.45. The molecule has 2 fully saturated rings. The van der Waals surface area contributed by atoms with Crippen LogP contribution < -0.4 is 0 Å². The largest absolute Gasteiger partial charge is 0.299 e. The van der Waals surface area contributed by atoms with Gasteiger partial charge in [0.15, 0.2) is 9.84 Å². The molecule has 2 heterocycles. The fourth-order valence-corrected chi connectivity index (χ4v) is 6.31. The number of hydrogen-bond acceptors (Lipinski definition) is 3. The fraction of sp³-hybridized carbons (Fsp3) is 0.938. The predicted molar refractivity (Wildman–Crippen MR) is 81.5 cm³/mol. The van der Waals surface area contributed by atoms with Gasteiger partial charge in [0, 0.05) is 12.3 Å². The van der Waals surface area contributed by atoms with Crippen LogP contribution >= 0.6 is 0 Å². The lowest BCUT2D eigenvalue weighted by molar-refractivity contribution is -0.123. The Bertz CT molecular complexity index is 407. The molecule has 2 bridgehead atoms. The molecule has 0 saturated carbocycles. The lowest BCUT2D eigenvalue weighted by atomic mass is 9.85. The van der Waals surface area contributed by atoms with Gasteiger partial charge in [0.1, 0.15) is 5.78 Å². The van der Waals surface area contributed by atoms with Gasteiger partial charge in [-0.15, -0.1) is 0 Å². The summed E-state index contributed by atoms with van der Waals surface area (Å²) in [6.07, 6.45) is 10.2. The summed E-state index contributed by atoms with van der Waals surface area (Å²) in [6, 6.07) is 0. The Balaban J connectivity index is 1.81. The average molecular weight is 300 g/mol. The first kappa shape index (κ1) is 16.0. The van der Waals surface area contributed by atoms with Crippen molar-refractivity contribution in [3.63, 3.8) is 0 Å². The molecule has 116 valence electrons. The number of sulfone groups is 1. The Morgan fingerprint density at radius 2 is 1.60 bits per heavy atom. The van der Waals surface area contributed by atoms with Crippen LogP contribution in [0.15, 0.2) is 0 Å². The smallest absolute Gasteiger partial charge is 0.156 e. The molecule has 0 amide bonds. The molecule has 0 aromatic heterocycles. The Kier molecular flexibility index (Phi) is 5.65. The zero-order chi connectivity index (χ0) is 14.6. The summed E-state index contributed by atoms with van der Waals surface area (Å²) in [6.45, 7) is 2.19. The van der Waals surface area contributed by atoms with Gasteiger partial charge in [-0.2, -0.15) is 0 Å². The Labute approximate surface area is 123 Å². The van der Waals surface area contributed by atoms with E-state index in [1.54, 1.807) is 0 Å². The normalized spacial score (nSPS) is 31.9. The average Bonchev–Trinajstić information content (AvgIpc) is 2.36. The van der Waals surface area contributed by atoms with Crippen LogP contribution in [0.5, 0.6) is 0 Å². The van der Waals surface area contributed by atoms with Gasteiger partial charge >= 0.3 is 0 Å². The van der Waals surface area contributed by atoms with Crippen LogP contribution in [-0.4, -0.2) is 24.7 Å². The van der Waals surface area contributed by atoms with E-state index in [1.165, 1.54) is 19.3 Å². The minimum atomic E-state index is -2.92. The third-order valence-electron chi connectivity index (χ3n) is 5.06. The quantitative estimate of drug-likeness (QED) is 0.674. The Morgan fingerprint density at radius 3 is 2.20 bits per heavy atom. The van der Waals surface area contributed by atoms with Crippen molar-refractivity contribution in [1.82, 2.24) is 0 Å². The van der Waals surface area contributed by atoms with E-state index < -0.39 is 9.84 Å². The van der Waals surface area contributed by atoms with Crippen molar-refractivity contribution in [2.24, 2.45) is 5.92 Å². The van der Waals surface area contributed by atoms with Gasteiger partial charge in [0.2, 0.25) is 0 Å². The van der Waals surface area contributed by atoms with E-state index in [0.717, 1.165) is 32.1 Å². The van der Waals surface area contributed by atoms with E-state index in [2.05, 4.69) is 6.92 Å². The number of Topliss-reactive ketones (excluding diaryl/α,β-unsaturated/α-hetero) is 1. The number of ketones is 1. The molecule has 2 rings (SSSR count). The molecule has 0 N–H and O–H groups in total. The molecule has 2 aliphatic heterocycles. The topological polar surface area (TPSA) is 51.2 Å². The standard InChI is InChI=1S/C16H28O3S/c1-2-3-4-5-6-10-16(17)13-11-14-8-7-9-15(12-13)20(14,18)19/h13-15H,2-12H2,1H3. The van der Waals surface area contributed by atoms with Gasteiger partial charge in [-0.3, -0.25) is 4.79 Å². The summed E-state index contributed by atoms with van der Waals surface area (Å²) in [5.74, 6) is 0.355. The highest BCUT2D eigenvalue weighted by Gasteiger charge is 2.45. The zero-order valence-corrected chi connectivity index (χ0v) is 13.5. The molecule has 0 aromatic rings. The summed E-state index contributed by atoms with van der Waals surface area (Å²) in [4.78, 5) is 12.3. The van der Waals surface area contributed by atoms with Crippen LogP contribution in [-0.2, 0) is 14.6 Å². The van der Waals surface area contributed by atoms with Gasteiger partial charge in [0.05, 0.1) is 10.5 Å². The molecule has 0 radical (unpaired) electrons. The SMILES string of the molecule is CCCCCCCC(=O)C1CC2CCCC(C1)S2(=O)=O. The van der Waals surface area contributed by atoms with Crippen LogP contribution in [0.4, 0.5) is 0 Å². The zero-order valence-electron chi connectivity index (χ0n) is 12.6. The minimum absolute atomic E-state index is 0.0278. The first-order valence-corrected chi connectivity index (χ1v) is 9.92. The lowest BCUT2D eigenvalue weighted by Gasteiger charge is -2.38. The number of unbranched alkanes of at least 4 members (excludes halogenated alkanes) is 4. The molecule has 3 nitrogen and oxygen atoms in total. The third kappa shape index (κ3) is 3.63. The van der Waals surface area contributed by atoms with Gasteiger partial charge in [-0.05, 0) is 32.1 Å². The van der Waals surface area contributed by atoms with Crippen molar-refractivity contribution in [3.05, 3.63) is 0 Å². The van der Waals surface area contributed by atoms with Crippen LogP contribution in [0.2, 0.25) is 0 Å². The van der Waals surface area contributed by atoms with E-state index in [0.29, 0.717) is 25.0 Å². The molecule has 0 aromatic carbocycles. The number of carbonyl (C=O) groups is 1. The van der Waals surface area contributed by atoms with Crippen molar-refractivity contribution in [3.8, 4) is 0 Å². The van der Waals surface area contributed by atoms with Gasteiger partial charge in [0.25, 0.3) is 0 Å². The van der Waals surface area contributed by atoms with E-state index >= 15 is 0 Å². The second kappa shape index (κ2) is 7.06. The van der Waals surface area contributed by atoms with E-state index in [1.807, 2.05) is 0 Å². The molecule has 4 heteroatoms. The van der Waals surface area contributed by atoms with Crippen molar-refractivity contribution in [2.75, 3.05) is 0 Å². The number of hydrogen-bond donors (Lipinski definition) is 0. The Hall–Kier alpha value is -0.380.